The van der Waals surface area contributed by atoms with Crippen molar-refractivity contribution >= 4 is 53.9 Å². The smallest absolute Gasteiger partial charge is 0.299 e. The van der Waals surface area contributed by atoms with Gasteiger partial charge in [0.2, 0.25) is 0 Å². The SMILES string of the molecule is C[C@]12CC[C@H](OS(=O)(=O)O)CC1=CCC1C2CC[C@]2(C)C(=O)CCC12.[Ca+2]. The number of ketones is 1. The van der Waals surface area contributed by atoms with Crippen LogP contribution in [0.5, 0.6) is 0 Å². The minimum Gasteiger partial charge on any atom is -0.299 e. The standard InChI is InChI=1S/C19H28O5S.Ca/c1-18-9-7-13(24-25(21,22)23)11-12(18)3-4-14-15-5-6-17(20)19(15,2)10-8-16(14)18;/h3,13-16H,4-11H2,1-2H3,(H,21,22,23);/q;+2/t13-,14?,15?,16?,18-,19-;/m0./s1. The second kappa shape index (κ2) is 7.10. The predicted octanol–water partition coefficient (Wildman–Crippen LogP) is 3.33. The van der Waals surface area contributed by atoms with Gasteiger partial charge in [-0.1, -0.05) is 25.5 Å². The van der Waals surface area contributed by atoms with Gasteiger partial charge in [-0.15, -0.1) is 0 Å². The summed E-state index contributed by atoms with van der Waals surface area (Å²) in [6.45, 7) is 4.50. The van der Waals surface area contributed by atoms with Gasteiger partial charge >= 0.3 is 48.1 Å². The Kier molecular flexibility index (Phi) is 5.80. The molecular weight excluding hydrogens is 380 g/mol. The van der Waals surface area contributed by atoms with Crippen LogP contribution < -0.4 is 0 Å². The van der Waals surface area contributed by atoms with Crippen molar-refractivity contribution in [1.82, 2.24) is 0 Å². The van der Waals surface area contributed by atoms with Crippen LogP contribution in [0.3, 0.4) is 0 Å². The summed E-state index contributed by atoms with van der Waals surface area (Å²) in [7, 11) is -4.40. The number of carbonyl (C=O) groups is 1. The Balaban J connectivity index is 0.00000196. The van der Waals surface area contributed by atoms with E-state index in [0.29, 0.717) is 36.4 Å². The zero-order valence-electron chi connectivity index (χ0n) is 15.7. The molecule has 0 saturated heterocycles. The van der Waals surface area contributed by atoms with E-state index in [-0.39, 0.29) is 48.6 Å². The molecule has 26 heavy (non-hydrogen) atoms. The summed E-state index contributed by atoms with van der Waals surface area (Å²) in [5, 5.41) is 0. The Hall–Kier alpha value is 0.540. The fourth-order valence-corrected chi connectivity index (χ4v) is 7.16. The molecule has 0 heterocycles. The summed E-state index contributed by atoms with van der Waals surface area (Å²) in [6.07, 6.45) is 8.79. The number of carbonyl (C=O) groups excluding carboxylic acids is 1. The molecule has 7 heteroatoms. The number of hydrogen-bond acceptors (Lipinski definition) is 4. The zero-order valence-corrected chi connectivity index (χ0v) is 18.8. The van der Waals surface area contributed by atoms with Gasteiger partial charge in [-0.05, 0) is 68.1 Å². The van der Waals surface area contributed by atoms with Crippen molar-refractivity contribution in [2.24, 2.45) is 28.6 Å². The summed E-state index contributed by atoms with van der Waals surface area (Å²) in [5.41, 5.74) is 1.25. The molecule has 0 aromatic carbocycles. The van der Waals surface area contributed by atoms with Crippen molar-refractivity contribution in [2.45, 2.75) is 71.3 Å². The minimum atomic E-state index is -4.40. The fourth-order valence-electron chi connectivity index (χ4n) is 6.65. The van der Waals surface area contributed by atoms with E-state index < -0.39 is 16.5 Å². The van der Waals surface area contributed by atoms with Crippen molar-refractivity contribution in [1.29, 1.82) is 0 Å². The van der Waals surface area contributed by atoms with Gasteiger partial charge in [0, 0.05) is 11.8 Å². The Labute approximate surface area is 186 Å². The molecule has 4 aliphatic rings. The molecule has 0 spiro atoms. The normalized spacial score (nSPS) is 45.0. The van der Waals surface area contributed by atoms with Crippen LogP contribution >= 0.6 is 0 Å². The molecule has 3 fully saturated rings. The Morgan fingerprint density at radius 2 is 1.77 bits per heavy atom. The van der Waals surface area contributed by atoms with Crippen LogP contribution in [0.15, 0.2) is 11.6 Å². The predicted molar refractivity (Wildman–Crippen MR) is 98.9 cm³/mol. The maximum Gasteiger partial charge on any atom is 2.00 e. The van der Waals surface area contributed by atoms with Gasteiger partial charge in [-0.3, -0.25) is 9.35 Å². The number of allylic oxidation sites excluding steroid dienone is 1. The van der Waals surface area contributed by atoms with E-state index in [1.165, 1.54) is 5.57 Å². The van der Waals surface area contributed by atoms with Crippen molar-refractivity contribution in [3.63, 3.8) is 0 Å². The Morgan fingerprint density at radius 3 is 2.46 bits per heavy atom. The third-order valence-corrected chi connectivity index (χ3v) is 8.54. The Morgan fingerprint density at radius 1 is 1.12 bits per heavy atom. The van der Waals surface area contributed by atoms with Crippen LogP contribution in [0.2, 0.25) is 0 Å². The first-order chi connectivity index (χ1) is 11.6. The van der Waals surface area contributed by atoms with Gasteiger partial charge < -0.3 is 0 Å². The van der Waals surface area contributed by atoms with Crippen LogP contribution in [0.25, 0.3) is 0 Å². The maximum absolute atomic E-state index is 12.4. The molecule has 3 saturated carbocycles. The second-order valence-electron chi connectivity index (χ2n) is 9.07. The summed E-state index contributed by atoms with van der Waals surface area (Å²) in [6, 6.07) is 0. The van der Waals surface area contributed by atoms with Crippen LogP contribution in [-0.4, -0.2) is 62.6 Å². The van der Waals surface area contributed by atoms with Crippen LogP contribution in [0.4, 0.5) is 0 Å². The summed E-state index contributed by atoms with van der Waals surface area (Å²) >= 11 is 0. The number of fused-ring (bicyclic) bond motifs is 5. The van der Waals surface area contributed by atoms with Crippen molar-refractivity contribution in [3.05, 3.63) is 11.6 Å². The van der Waals surface area contributed by atoms with Crippen molar-refractivity contribution in [3.8, 4) is 0 Å². The third kappa shape index (κ3) is 3.37. The average molecular weight is 409 g/mol. The quantitative estimate of drug-likeness (QED) is 0.431. The van der Waals surface area contributed by atoms with E-state index in [0.717, 1.165) is 38.5 Å². The first-order valence-corrected chi connectivity index (χ1v) is 10.9. The molecule has 5 nitrogen and oxygen atoms in total. The first-order valence-electron chi connectivity index (χ1n) is 9.52. The molecule has 4 rings (SSSR count). The molecule has 0 amide bonds. The van der Waals surface area contributed by atoms with Crippen LogP contribution in [0.1, 0.15) is 65.2 Å². The van der Waals surface area contributed by atoms with Crippen molar-refractivity contribution < 1.29 is 21.9 Å². The number of hydrogen-bond donors (Lipinski definition) is 1. The number of rotatable bonds is 2. The molecule has 1 N–H and O–H groups in total. The first kappa shape index (κ1) is 21.3. The molecule has 4 aliphatic carbocycles. The van der Waals surface area contributed by atoms with Gasteiger partial charge in [0.05, 0.1) is 6.10 Å². The molecule has 0 bridgehead atoms. The van der Waals surface area contributed by atoms with E-state index in [2.05, 4.69) is 19.9 Å². The third-order valence-electron chi connectivity index (χ3n) is 8.03. The van der Waals surface area contributed by atoms with E-state index in [1.54, 1.807) is 0 Å². The zero-order chi connectivity index (χ0) is 18.0. The van der Waals surface area contributed by atoms with E-state index in [4.69, 9.17) is 8.74 Å². The van der Waals surface area contributed by atoms with Gasteiger partial charge in [0.1, 0.15) is 5.78 Å². The molecule has 3 unspecified atom stereocenters. The summed E-state index contributed by atoms with van der Waals surface area (Å²) in [5.74, 6) is 2.10. The Bertz CT molecular complexity index is 732. The molecular formula is C19H28CaO5S+2. The largest absolute Gasteiger partial charge is 2.00 e. The summed E-state index contributed by atoms with van der Waals surface area (Å²) < 4.78 is 35.9. The monoisotopic (exact) mass is 408 g/mol. The molecule has 140 valence electrons. The topological polar surface area (TPSA) is 80.7 Å². The summed E-state index contributed by atoms with van der Waals surface area (Å²) in [4.78, 5) is 12.4. The average Bonchev–Trinajstić information content (AvgIpc) is 2.82. The molecule has 0 radical (unpaired) electrons. The van der Waals surface area contributed by atoms with Gasteiger partial charge in [0.25, 0.3) is 0 Å². The second-order valence-corrected chi connectivity index (χ2v) is 10.1. The van der Waals surface area contributed by atoms with Gasteiger partial charge in [-0.25, -0.2) is 4.18 Å². The van der Waals surface area contributed by atoms with E-state index >= 15 is 0 Å². The van der Waals surface area contributed by atoms with Crippen LogP contribution in [0, 0.1) is 28.6 Å². The van der Waals surface area contributed by atoms with Crippen LogP contribution in [-0.2, 0) is 19.4 Å². The van der Waals surface area contributed by atoms with Crippen molar-refractivity contribution in [2.75, 3.05) is 0 Å². The molecule has 0 aromatic heterocycles. The van der Waals surface area contributed by atoms with Gasteiger partial charge in [0.15, 0.2) is 0 Å². The van der Waals surface area contributed by atoms with E-state index in [9.17, 15) is 13.2 Å². The molecule has 0 aromatic rings. The molecule has 0 aliphatic heterocycles. The van der Waals surface area contributed by atoms with E-state index in [1.807, 2.05) is 0 Å². The maximum atomic E-state index is 12.4. The minimum absolute atomic E-state index is 0. The fraction of sp³-hybridized carbons (Fsp3) is 0.842. The molecule has 6 atom stereocenters. The number of Topliss-reactive ketones (excluding diaryl/α,β-unsaturated/α-hetero) is 1. The van der Waals surface area contributed by atoms with Gasteiger partial charge in [-0.2, -0.15) is 8.42 Å².